The van der Waals surface area contributed by atoms with Crippen LogP contribution in [-0.2, 0) is 6.54 Å². The van der Waals surface area contributed by atoms with Gasteiger partial charge < -0.3 is 15.2 Å². The molecule has 0 fully saturated rings. The Morgan fingerprint density at radius 3 is 2.79 bits per heavy atom. The van der Waals surface area contributed by atoms with Gasteiger partial charge in [0.1, 0.15) is 5.65 Å². The predicted molar refractivity (Wildman–Crippen MR) is 98.2 cm³/mol. The van der Waals surface area contributed by atoms with Gasteiger partial charge in [0, 0.05) is 35.6 Å². The number of aliphatic hydroxyl groups is 1. The van der Waals surface area contributed by atoms with Crippen LogP contribution in [0.2, 0.25) is 5.02 Å². The molecule has 0 atom stereocenters. The first-order valence-corrected chi connectivity index (χ1v) is 8.20. The van der Waals surface area contributed by atoms with Crippen molar-refractivity contribution >= 4 is 22.9 Å². The zero-order chi connectivity index (χ0) is 17.3. The number of likely N-dealkylation sites (N-methyl/N-ethyl adjacent to an activating group) is 1. The number of hydrogen-bond donors (Lipinski definition) is 2. The number of nitrogen functional groups attached to an aromatic ring is 1. The first-order valence-electron chi connectivity index (χ1n) is 7.82. The second-order valence-electron chi connectivity index (χ2n) is 6.02. The number of hydrogen-bond acceptors (Lipinski definition) is 4. The van der Waals surface area contributed by atoms with E-state index in [4.69, 9.17) is 22.3 Å². The molecule has 126 valence electrons. The van der Waals surface area contributed by atoms with E-state index in [1.54, 1.807) is 0 Å². The molecule has 0 unspecified atom stereocenters. The lowest BCUT2D eigenvalue weighted by Crippen LogP contribution is -2.22. The van der Waals surface area contributed by atoms with Crippen LogP contribution in [0.25, 0.3) is 16.9 Å². The number of pyridine rings is 1. The molecule has 5 nitrogen and oxygen atoms in total. The molecule has 0 saturated carbocycles. The fourth-order valence-corrected chi connectivity index (χ4v) is 2.91. The van der Waals surface area contributed by atoms with Crippen LogP contribution in [0.3, 0.4) is 0 Å². The minimum absolute atomic E-state index is 0.116. The maximum atomic E-state index is 9.18. The second kappa shape index (κ2) is 6.81. The highest BCUT2D eigenvalue weighted by atomic mass is 35.5. The smallest absolute Gasteiger partial charge is 0.137 e. The maximum absolute atomic E-state index is 9.18. The number of imidazole rings is 1. The van der Waals surface area contributed by atoms with Gasteiger partial charge in [0.05, 0.1) is 18.0 Å². The van der Waals surface area contributed by atoms with E-state index in [1.807, 2.05) is 54.9 Å². The van der Waals surface area contributed by atoms with E-state index in [-0.39, 0.29) is 6.61 Å². The first-order chi connectivity index (χ1) is 11.5. The number of anilines is 1. The van der Waals surface area contributed by atoms with Crippen LogP contribution in [0.15, 0.2) is 36.5 Å². The Labute approximate surface area is 146 Å². The number of aryl methyl sites for hydroxylation is 1. The minimum atomic E-state index is 0.116. The Hall–Kier alpha value is -2.08. The summed E-state index contributed by atoms with van der Waals surface area (Å²) in [5.74, 6) is 0. The van der Waals surface area contributed by atoms with Crippen molar-refractivity contribution in [3.8, 4) is 11.3 Å². The molecule has 0 spiro atoms. The van der Waals surface area contributed by atoms with Crippen molar-refractivity contribution in [1.29, 1.82) is 0 Å². The van der Waals surface area contributed by atoms with Crippen molar-refractivity contribution in [2.75, 3.05) is 25.9 Å². The summed E-state index contributed by atoms with van der Waals surface area (Å²) in [7, 11) is 1.97. The molecular formula is C18H21ClN4O. The lowest BCUT2D eigenvalue weighted by atomic mass is 10.1. The Bertz CT molecular complexity index is 875. The molecule has 2 heterocycles. The van der Waals surface area contributed by atoms with Gasteiger partial charge in [0.2, 0.25) is 0 Å². The molecule has 0 aliphatic heterocycles. The average Bonchev–Trinajstić information content (AvgIpc) is 2.88. The van der Waals surface area contributed by atoms with Crippen molar-refractivity contribution in [3.05, 3.63) is 52.8 Å². The standard InChI is InChI=1S/C18H21ClN4O/c1-12-9-13(3-5-15(12)19)18-16(11-22(2)7-8-24)23-10-14(20)4-6-17(23)21-18/h3-6,9-10,24H,7-8,11,20H2,1-2H3. The molecular weight excluding hydrogens is 324 g/mol. The number of rotatable bonds is 5. The molecule has 3 rings (SSSR count). The van der Waals surface area contributed by atoms with Gasteiger partial charge >= 0.3 is 0 Å². The van der Waals surface area contributed by atoms with Crippen LogP contribution >= 0.6 is 11.6 Å². The van der Waals surface area contributed by atoms with Gasteiger partial charge in [-0.2, -0.15) is 0 Å². The van der Waals surface area contributed by atoms with Gasteiger partial charge in [0.15, 0.2) is 0 Å². The van der Waals surface area contributed by atoms with Gasteiger partial charge in [-0.15, -0.1) is 0 Å². The summed E-state index contributed by atoms with van der Waals surface area (Å²) >= 11 is 6.15. The van der Waals surface area contributed by atoms with E-state index < -0.39 is 0 Å². The number of halogens is 1. The van der Waals surface area contributed by atoms with E-state index in [1.165, 1.54) is 0 Å². The van der Waals surface area contributed by atoms with Gasteiger partial charge in [-0.25, -0.2) is 4.98 Å². The molecule has 0 radical (unpaired) electrons. The molecule has 6 heteroatoms. The summed E-state index contributed by atoms with van der Waals surface area (Å²) in [5.41, 5.74) is 11.5. The fourth-order valence-electron chi connectivity index (χ4n) is 2.79. The second-order valence-corrected chi connectivity index (χ2v) is 6.43. The zero-order valence-electron chi connectivity index (χ0n) is 13.8. The first kappa shape index (κ1) is 16.8. The summed E-state index contributed by atoms with van der Waals surface area (Å²) in [6, 6.07) is 9.68. The summed E-state index contributed by atoms with van der Waals surface area (Å²) in [4.78, 5) is 6.84. The van der Waals surface area contributed by atoms with E-state index in [0.29, 0.717) is 18.8 Å². The maximum Gasteiger partial charge on any atom is 0.137 e. The van der Waals surface area contributed by atoms with Crippen molar-refractivity contribution in [2.45, 2.75) is 13.5 Å². The summed E-state index contributed by atoms with van der Waals surface area (Å²) in [6.07, 6.45) is 1.89. The third kappa shape index (κ3) is 3.24. The van der Waals surface area contributed by atoms with E-state index in [0.717, 1.165) is 33.2 Å². The summed E-state index contributed by atoms with van der Waals surface area (Å²) < 4.78 is 2.02. The molecule has 0 bridgehead atoms. The highest BCUT2D eigenvalue weighted by molar-refractivity contribution is 6.31. The van der Waals surface area contributed by atoms with Crippen molar-refractivity contribution in [1.82, 2.24) is 14.3 Å². The van der Waals surface area contributed by atoms with Crippen LogP contribution < -0.4 is 5.73 Å². The van der Waals surface area contributed by atoms with Crippen molar-refractivity contribution < 1.29 is 5.11 Å². The monoisotopic (exact) mass is 344 g/mol. The molecule has 1 aromatic carbocycles. The molecule has 3 N–H and O–H groups in total. The quantitative estimate of drug-likeness (QED) is 0.746. The number of nitrogens with zero attached hydrogens (tertiary/aromatic N) is 3. The molecule has 3 aromatic rings. The largest absolute Gasteiger partial charge is 0.398 e. The van der Waals surface area contributed by atoms with Crippen LogP contribution in [0.5, 0.6) is 0 Å². The Balaban J connectivity index is 2.16. The number of aromatic nitrogens is 2. The third-order valence-corrected chi connectivity index (χ3v) is 4.50. The number of aliphatic hydroxyl groups excluding tert-OH is 1. The summed E-state index contributed by atoms with van der Waals surface area (Å²) in [5, 5.41) is 9.92. The number of fused-ring (bicyclic) bond motifs is 1. The number of benzene rings is 1. The zero-order valence-corrected chi connectivity index (χ0v) is 14.6. The highest BCUT2D eigenvalue weighted by Gasteiger charge is 2.16. The molecule has 2 aromatic heterocycles. The third-order valence-electron chi connectivity index (χ3n) is 4.07. The minimum Gasteiger partial charge on any atom is -0.398 e. The summed E-state index contributed by atoms with van der Waals surface area (Å²) in [6.45, 7) is 3.35. The van der Waals surface area contributed by atoms with Crippen LogP contribution in [0, 0.1) is 6.92 Å². The predicted octanol–water partition coefficient (Wildman–Crippen LogP) is 2.97. The topological polar surface area (TPSA) is 66.8 Å². The SMILES string of the molecule is Cc1cc(-c2nc3ccc(N)cn3c2CN(C)CCO)ccc1Cl. The normalized spacial score (nSPS) is 11.5. The number of nitrogens with two attached hydrogens (primary N) is 1. The Morgan fingerprint density at radius 1 is 1.29 bits per heavy atom. The average molecular weight is 345 g/mol. The van der Waals surface area contributed by atoms with E-state index in [9.17, 15) is 5.11 Å². The fraction of sp³-hybridized carbons (Fsp3) is 0.278. The van der Waals surface area contributed by atoms with Crippen LogP contribution in [-0.4, -0.2) is 39.6 Å². The molecule has 0 aliphatic rings. The van der Waals surface area contributed by atoms with E-state index in [2.05, 4.69) is 4.90 Å². The Morgan fingerprint density at radius 2 is 2.08 bits per heavy atom. The molecule has 0 amide bonds. The van der Waals surface area contributed by atoms with Crippen molar-refractivity contribution in [3.63, 3.8) is 0 Å². The highest BCUT2D eigenvalue weighted by Crippen LogP contribution is 2.29. The van der Waals surface area contributed by atoms with E-state index >= 15 is 0 Å². The van der Waals surface area contributed by atoms with Crippen LogP contribution in [0.1, 0.15) is 11.3 Å². The van der Waals surface area contributed by atoms with Crippen molar-refractivity contribution in [2.24, 2.45) is 0 Å². The van der Waals surface area contributed by atoms with Crippen LogP contribution in [0.4, 0.5) is 5.69 Å². The van der Waals surface area contributed by atoms with Gasteiger partial charge in [-0.3, -0.25) is 4.90 Å². The lowest BCUT2D eigenvalue weighted by molar-refractivity contribution is 0.216. The lowest BCUT2D eigenvalue weighted by Gasteiger charge is -2.16. The molecule has 0 aliphatic carbocycles. The molecule has 24 heavy (non-hydrogen) atoms. The van der Waals surface area contributed by atoms with Gasteiger partial charge in [-0.1, -0.05) is 17.7 Å². The Kier molecular flexibility index (Phi) is 4.76. The molecule has 0 saturated heterocycles. The van der Waals surface area contributed by atoms with Gasteiger partial charge in [-0.05, 0) is 43.8 Å². The van der Waals surface area contributed by atoms with Gasteiger partial charge in [0.25, 0.3) is 0 Å².